The topological polar surface area (TPSA) is 43.1 Å². The Morgan fingerprint density at radius 2 is 2.12 bits per heavy atom. The van der Waals surface area contributed by atoms with E-state index in [1.54, 1.807) is 0 Å². The molecular formula is C12H15F2NO. The highest BCUT2D eigenvalue weighted by atomic mass is 19.2. The maximum absolute atomic E-state index is 13.2. The molecule has 16 heavy (non-hydrogen) atoms. The first-order valence-electron chi connectivity index (χ1n) is 5.19. The minimum atomic E-state index is -0.934. The van der Waals surface area contributed by atoms with Crippen molar-refractivity contribution in [1.29, 1.82) is 0 Å². The van der Waals surface area contributed by atoms with Crippen molar-refractivity contribution in [2.75, 3.05) is 6.54 Å². The van der Waals surface area contributed by atoms with Gasteiger partial charge >= 0.3 is 0 Å². The van der Waals surface area contributed by atoms with Crippen LogP contribution in [0.1, 0.15) is 18.9 Å². The molecule has 0 saturated heterocycles. The molecule has 0 radical (unpaired) electrons. The van der Waals surface area contributed by atoms with Gasteiger partial charge in [0, 0.05) is 12.8 Å². The van der Waals surface area contributed by atoms with E-state index in [0.717, 1.165) is 6.07 Å². The summed E-state index contributed by atoms with van der Waals surface area (Å²) in [6, 6.07) is 3.85. The van der Waals surface area contributed by atoms with E-state index in [1.165, 1.54) is 12.1 Å². The maximum atomic E-state index is 13.2. The summed E-state index contributed by atoms with van der Waals surface area (Å²) < 4.78 is 26.1. The fourth-order valence-electron chi connectivity index (χ4n) is 1.44. The number of Topliss-reactive ketones (excluding diaryl/α,β-unsaturated/α-hetero) is 1. The Morgan fingerprint density at radius 1 is 1.44 bits per heavy atom. The first kappa shape index (κ1) is 12.8. The molecule has 1 rings (SSSR count). The van der Waals surface area contributed by atoms with Gasteiger partial charge in [0.15, 0.2) is 11.6 Å². The maximum Gasteiger partial charge on any atom is 0.162 e. The molecule has 1 aromatic carbocycles. The molecule has 88 valence electrons. The number of ketones is 1. The Kier molecular flexibility index (Phi) is 4.55. The van der Waals surface area contributed by atoms with Crippen LogP contribution in [0, 0.1) is 17.6 Å². The fourth-order valence-corrected chi connectivity index (χ4v) is 1.44. The van der Waals surface area contributed by atoms with Crippen molar-refractivity contribution in [2.45, 2.75) is 19.8 Å². The zero-order valence-electron chi connectivity index (χ0n) is 9.17. The molecule has 0 aromatic heterocycles. The van der Waals surface area contributed by atoms with Crippen LogP contribution in [0.4, 0.5) is 8.78 Å². The molecule has 0 aliphatic heterocycles. The number of nitrogens with two attached hydrogens (primary N) is 1. The van der Waals surface area contributed by atoms with Crippen molar-refractivity contribution in [1.82, 2.24) is 0 Å². The van der Waals surface area contributed by atoms with Gasteiger partial charge in [-0.15, -0.1) is 0 Å². The Bertz CT molecular complexity index is 379. The van der Waals surface area contributed by atoms with Gasteiger partial charge in [0.05, 0.1) is 0 Å². The second-order valence-electron chi connectivity index (χ2n) is 3.97. The summed E-state index contributed by atoms with van der Waals surface area (Å²) in [4.78, 5) is 11.5. The van der Waals surface area contributed by atoms with Crippen LogP contribution < -0.4 is 5.73 Å². The molecule has 4 heteroatoms. The lowest BCUT2D eigenvalue weighted by molar-refractivity contribution is -0.119. The van der Waals surface area contributed by atoms with Crippen LogP contribution in [0.15, 0.2) is 18.2 Å². The van der Waals surface area contributed by atoms with Crippen molar-refractivity contribution in [3.63, 3.8) is 0 Å². The molecule has 0 saturated carbocycles. The van der Waals surface area contributed by atoms with E-state index in [9.17, 15) is 13.6 Å². The molecule has 0 spiro atoms. The van der Waals surface area contributed by atoms with Gasteiger partial charge in [-0.3, -0.25) is 4.79 Å². The number of carbonyl (C=O) groups excluding carboxylic acids is 1. The molecule has 0 fully saturated rings. The summed E-state index contributed by atoms with van der Waals surface area (Å²) in [7, 11) is 0. The van der Waals surface area contributed by atoms with E-state index in [1.807, 2.05) is 6.92 Å². The van der Waals surface area contributed by atoms with Gasteiger partial charge in [-0.2, -0.15) is 0 Å². The minimum absolute atomic E-state index is 0.0733. The van der Waals surface area contributed by atoms with Crippen LogP contribution in [0.3, 0.4) is 0 Å². The molecule has 0 amide bonds. The zero-order chi connectivity index (χ0) is 12.1. The molecule has 0 heterocycles. The Balaban J connectivity index is 2.66. The third-order valence-corrected chi connectivity index (χ3v) is 2.40. The minimum Gasteiger partial charge on any atom is -0.330 e. The van der Waals surface area contributed by atoms with Crippen molar-refractivity contribution in [2.24, 2.45) is 11.7 Å². The SMILES string of the molecule is CC(CN)CC(=O)Cc1cccc(F)c1F. The molecule has 0 bridgehead atoms. The third-order valence-electron chi connectivity index (χ3n) is 2.40. The third kappa shape index (κ3) is 3.38. The van der Waals surface area contributed by atoms with Crippen molar-refractivity contribution >= 4 is 5.78 Å². The molecule has 2 N–H and O–H groups in total. The number of hydrogen-bond acceptors (Lipinski definition) is 2. The summed E-state index contributed by atoms with van der Waals surface area (Å²) in [6.07, 6.45) is 0.223. The van der Waals surface area contributed by atoms with Crippen LogP contribution in [-0.2, 0) is 11.2 Å². The van der Waals surface area contributed by atoms with Crippen LogP contribution in [0.2, 0.25) is 0 Å². The average molecular weight is 227 g/mol. The van der Waals surface area contributed by atoms with Crippen molar-refractivity contribution < 1.29 is 13.6 Å². The molecule has 1 aromatic rings. The van der Waals surface area contributed by atoms with E-state index in [0.29, 0.717) is 13.0 Å². The average Bonchev–Trinajstić information content (AvgIpc) is 2.24. The second kappa shape index (κ2) is 5.70. The molecule has 1 unspecified atom stereocenters. The Morgan fingerprint density at radius 3 is 2.75 bits per heavy atom. The molecule has 1 atom stereocenters. The van der Waals surface area contributed by atoms with Gasteiger partial charge in [0.25, 0.3) is 0 Å². The summed E-state index contributed by atoms with van der Waals surface area (Å²) in [6.45, 7) is 2.26. The van der Waals surface area contributed by atoms with Crippen LogP contribution in [-0.4, -0.2) is 12.3 Å². The molecule has 0 aliphatic rings. The summed E-state index contributed by atoms with van der Waals surface area (Å²) in [5.41, 5.74) is 5.49. The highest BCUT2D eigenvalue weighted by Crippen LogP contribution is 2.13. The van der Waals surface area contributed by atoms with Crippen molar-refractivity contribution in [3.05, 3.63) is 35.4 Å². The smallest absolute Gasteiger partial charge is 0.162 e. The van der Waals surface area contributed by atoms with E-state index >= 15 is 0 Å². The van der Waals surface area contributed by atoms with Crippen LogP contribution >= 0.6 is 0 Å². The fraction of sp³-hybridized carbons (Fsp3) is 0.417. The van der Waals surface area contributed by atoms with Crippen LogP contribution in [0.25, 0.3) is 0 Å². The number of benzene rings is 1. The van der Waals surface area contributed by atoms with Gasteiger partial charge in [-0.1, -0.05) is 19.1 Å². The van der Waals surface area contributed by atoms with E-state index in [-0.39, 0.29) is 23.7 Å². The standard InChI is InChI=1S/C12H15F2NO/c1-8(7-15)5-10(16)6-9-3-2-4-11(13)12(9)14/h2-4,8H,5-7,15H2,1H3. The number of hydrogen-bond donors (Lipinski definition) is 1. The number of halogens is 2. The highest BCUT2D eigenvalue weighted by molar-refractivity contribution is 5.81. The largest absolute Gasteiger partial charge is 0.330 e. The lowest BCUT2D eigenvalue weighted by Gasteiger charge is -2.07. The second-order valence-corrected chi connectivity index (χ2v) is 3.97. The quantitative estimate of drug-likeness (QED) is 0.836. The van der Waals surface area contributed by atoms with E-state index < -0.39 is 11.6 Å². The number of rotatable bonds is 5. The van der Waals surface area contributed by atoms with E-state index in [4.69, 9.17) is 5.73 Å². The Labute approximate surface area is 93.5 Å². The Hall–Kier alpha value is -1.29. The van der Waals surface area contributed by atoms with E-state index in [2.05, 4.69) is 0 Å². The first-order chi connectivity index (χ1) is 7.54. The predicted molar refractivity (Wildman–Crippen MR) is 57.9 cm³/mol. The molecular weight excluding hydrogens is 212 g/mol. The lowest BCUT2D eigenvalue weighted by atomic mass is 9.99. The van der Waals surface area contributed by atoms with Gasteiger partial charge in [-0.05, 0) is 24.1 Å². The first-order valence-corrected chi connectivity index (χ1v) is 5.19. The summed E-state index contributed by atoms with van der Waals surface area (Å²) in [5.74, 6) is -1.90. The lowest BCUT2D eigenvalue weighted by Crippen LogP contribution is -2.16. The highest BCUT2D eigenvalue weighted by Gasteiger charge is 2.13. The van der Waals surface area contributed by atoms with Gasteiger partial charge < -0.3 is 5.73 Å². The van der Waals surface area contributed by atoms with Gasteiger partial charge in [-0.25, -0.2) is 8.78 Å². The van der Waals surface area contributed by atoms with Gasteiger partial charge in [0.1, 0.15) is 5.78 Å². The summed E-state index contributed by atoms with van der Waals surface area (Å²) in [5, 5.41) is 0. The number of carbonyl (C=O) groups is 1. The monoisotopic (exact) mass is 227 g/mol. The van der Waals surface area contributed by atoms with Gasteiger partial charge in [0.2, 0.25) is 0 Å². The molecule has 0 aliphatic carbocycles. The predicted octanol–water partition coefficient (Wildman–Crippen LogP) is 2.06. The van der Waals surface area contributed by atoms with Crippen LogP contribution in [0.5, 0.6) is 0 Å². The zero-order valence-corrected chi connectivity index (χ0v) is 9.17. The normalized spacial score (nSPS) is 12.5. The molecule has 2 nitrogen and oxygen atoms in total. The van der Waals surface area contributed by atoms with Crippen molar-refractivity contribution in [3.8, 4) is 0 Å². The summed E-state index contributed by atoms with van der Waals surface area (Å²) >= 11 is 0.